The average molecular weight is 493 g/mol. The lowest BCUT2D eigenvalue weighted by molar-refractivity contribution is -0.137. The van der Waals surface area contributed by atoms with Crippen LogP contribution in [0.15, 0.2) is 58.2 Å². The van der Waals surface area contributed by atoms with Crippen molar-refractivity contribution in [1.82, 2.24) is 15.2 Å². The fraction of sp³-hybridized carbons (Fsp3) is 0.391. The number of thiazole rings is 1. The second-order valence-corrected chi connectivity index (χ2v) is 7.90. The van der Waals surface area contributed by atoms with Crippen molar-refractivity contribution in [3.63, 3.8) is 0 Å². The fourth-order valence-electron chi connectivity index (χ4n) is 2.82. The third kappa shape index (κ3) is 9.38. The summed E-state index contributed by atoms with van der Waals surface area (Å²) in [6, 6.07) is 7.94. The van der Waals surface area contributed by atoms with E-state index in [2.05, 4.69) is 20.2 Å². The number of methoxy groups -OCH3 is 1. The van der Waals surface area contributed by atoms with Crippen LogP contribution in [-0.4, -0.2) is 79.3 Å². The van der Waals surface area contributed by atoms with Gasteiger partial charge in [0.1, 0.15) is 5.82 Å². The molecule has 3 heterocycles. The van der Waals surface area contributed by atoms with Crippen molar-refractivity contribution < 1.29 is 28.6 Å². The summed E-state index contributed by atoms with van der Waals surface area (Å²) in [6.07, 6.45) is 1.96. The van der Waals surface area contributed by atoms with Crippen LogP contribution in [0.1, 0.15) is 18.4 Å². The molecule has 0 aliphatic carbocycles. The maximum Gasteiger partial charge on any atom is 0.337 e. The normalized spacial score (nSPS) is 15.6. The lowest BCUT2D eigenvalue weighted by Crippen LogP contribution is -2.42. The molecule has 2 N–H and O–H groups in total. The number of nitrogens with zero attached hydrogens (tertiary/aromatic N) is 3. The predicted molar refractivity (Wildman–Crippen MR) is 127 cm³/mol. The smallest absolute Gasteiger partial charge is 0.337 e. The van der Waals surface area contributed by atoms with Crippen molar-refractivity contribution in [3.05, 3.63) is 64.0 Å². The van der Waals surface area contributed by atoms with E-state index in [4.69, 9.17) is 14.6 Å². The molecule has 0 bridgehead atoms. The zero-order valence-electron chi connectivity index (χ0n) is 19.2. The Bertz CT molecular complexity index is 961. The number of ether oxygens (including phenoxy) is 2. The number of esters is 1. The van der Waals surface area contributed by atoms with Gasteiger partial charge in [-0.3, -0.25) is 14.7 Å². The highest BCUT2D eigenvalue weighted by atomic mass is 32.1. The number of halogens is 1. The minimum atomic E-state index is -0.745. The number of hydrogen-bond acceptors (Lipinski definition) is 9. The van der Waals surface area contributed by atoms with E-state index >= 15 is 0 Å². The van der Waals surface area contributed by atoms with E-state index in [0.29, 0.717) is 37.7 Å². The minimum absolute atomic E-state index is 0.178. The summed E-state index contributed by atoms with van der Waals surface area (Å²) < 4.78 is 22.1. The SMILES string of the molecule is CCC(=O)O.COC(=O)C1=C(CN2CCOCC2)NC(c2nccs2)=NC1.Fc1ccccc1. The van der Waals surface area contributed by atoms with Crippen molar-refractivity contribution in [2.45, 2.75) is 13.3 Å². The van der Waals surface area contributed by atoms with Gasteiger partial charge in [0.2, 0.25) is 0 Å². The molecule has 4 rings (SSSR count). The Labute approximate surface area is 201 Å². The van der Waals surface area contributed by atoms with Gasteiger partial charge in [-0.15, -0.1) is 11.3 Å². The van der Waals surface area contributed by atoms with Crippen LogP contribution in [0.3, 0.4) is 0 Å². The van der Waals surface area contributed by atoms with Gasteiger partial charge < -0.3 is 19.9 Å². The topological polar surface area (TPSA) is 113 Å². The summed E-state index contributed by atoms with van der Waals surface area (Å²) >= 11 is 1.52. The molecule has 0 spiro atoms. The first-order valence-electron chi connectivity index (χ1n) is 10.7. The summed E-state index contributed by atoms with van der Waals surface area (Å²) in [7, 11) is 1.39. The van der Waals surface area contributed by atoms with Crippen molar-refractivity contribution in [1.29, 1.82) is 0 Å². The number of carbonyl (C=O) groups is 2. The summed E-state index contributed by atoms with van der Waals surface area (Å²) in [5.41, 5.74) is 1.42. The number of rotatable bonds is 5. The zero-order chi connectivity index (χ0) is 24.8. The fourth-order valence-corrected chi connectivity index (χ4v) is 3.42. The van der Waals surface area contributed by atoms with Gasteiger partial charge in [0, 0.05) is 43.3 Å². The van der Waals surface area contributed by atoms with Gasteiger partial charge in [0.25, 0.3) is 0 Å². The zero-order valence-corrected chi connectivity index (χ0v) is 20.0. The number of benzene rings is 1. The molecular formula is C23H29FN4O5S. The van der Waals surface area contributed by atoms with Gasteiger partial charge in [0.05, 0.1) is 32.4 Å². The molecule has 0 amide bonds. The molecule has 184 valence electrons. The molecule has 11 heteroatoms. The van der Waals surface area contributed by atoms with Crippen molar-refractivity contribution in [2.75, 3.05) is 46.5 Å². The molecule has 34 heavy (non-hydrogen) atoms. The van der Waals surface area contributed by atoms with E-state index in [1.807, 2.05) is 5.38 Å². The van der Waals surface area contributed by atoms with Gasteiger partial charge in [-0.25, -0.2) is 14.2 Å². The number of nitrogens with one attached hydrogen (secondary N) is 1. The Morgan fingerprint density at radius 2 is 1.94 bits per heavy atom. The van der Waals surface area contributed by atoms with Crippen LogP contribution < -0.4 is 5.32 Å². The van der Waals surface area contributed by atoms with Crippen LogP contribution in [0.5, 0.6) is 0 Å². The molecule has 2 aliphatic heterocycles. The summed E-state index contributed by atoms with van der Waals surface area (Å²) in [4.78, 5) is 32.3. The van der Waals surface area contributed by atoms with Gasteiger partial charge in [-0.2, -0.15) is 0 Å². The second-order valence-electron chi connectivity index (χ2n) is 7.01. The molecule has 1 fully saturated rings. The molecule has 0 unspecified atom stereocenters. The highest BCUT2D eigenvalue weighted by Crippen LogP contribution is 2.16. The Kier molecular flexibility index (Phi) is 11.9. The van der Waals surface area contributed by atoms with Crippen LogP contribution in [0, 0.1) is 5.82 Å². The molecule has 9 nitrogen and oxygen atoms in total. The molecular weight excluding hydrogens is 463 g/mol. The first-order chi connectivity index (χ1) is 16.4. The lowest BCUT2D eigenvalue weighted by atomic mass is 10.1. The molecule has 0 saturated carbocycles. The van der Waals surface area contributed by atoms with Crippen molar-refractivity contribution >= 4 is 29.1 Å². The van der Waals surface area contributed by atoms with Crippen LogP contribution >= 0.6 is 11.3 Å². The third-order valence-electron chi connectivity index (χ3n) is 4.62. The first kappa shape index (κ1) is 27.1. The van der Waals surface area contributed by atoms with Gasteiger partial charge in [0.15, 0.2) is 10.8 Å². The molecule has 0 radical (unpaired) electrons. The molecule has 0 atom stereocenters. The minimum Gasteiger partial charge on any atom is -0.481 e. The van der Waals surface area contributed by atoms with E-state index in [9.17, 15) is 14.0 Å². The number of aliphatic carboxylic acids is 1. The molecule has 1 aromatic carbocycles. The number of amidine groups is 1. The second kappa shape index (κ2) is 14.9. The van der Waals surface area contributed by atoms with E-state index < -0.39 is 5.97 Å². The predicted octanol–water partition coefficient (Wildman–Crippen LogP) is 2.56. The average Bonchev–Trinajstić information content (AvgIpc) is 3.41. The number of carboxylic acid groups (broad SMARTS) is 1. The highest BCUT2D eigenvalue weighted by Gasteiger charge is 2.25. The molecule has 2 aromatic rings. The van der Waals surface area contributed by atoms with Gasteiger partial charge >= 0.3 is 11.9 Å². The molecule has 2 aliphatic rings. The maximum absolute atomic E-state index is 12.0. The monoisotopic (exact) mass is 492 g/mol. The standard InChI is InChI=1S/C14H18N4O3S.C6H5F.C3H6O2/c1-20-14(19)10-8-16-12(13-15-2-7-22-13)17-11(10)9-18-3-5-21-6-4-18;7-6-4-2-1-3-5-6;1-2-3(4)5/h2,7H,3-6,8-9H2,1H3,(H,16,17);1-5H;2H2,1H3,(H,4,5). The first-order valence-corrected chi connectivity index (χ1v) is 11.6. The Morgan fingerprint density at radius 1 is 1.26 bits per heavy atom. The Morgan fingerprint density at radius 3 is 2.44 bits per heavy atom. The van der Waals surface area contributed by atoms with E-state index in [1.165, 1.54) is 30.6 Å². The van der Waals surface area contributed by atoms with Crippen LogP contribution in [-0.2, 0) is 19.1 Å². The molecule has 1 aromatic heterocycles. The summed E-state index contributed by atoms with van der Waals surface area (Å²) in [6.45, 7) is 5.70. The van der Waals surface area contributed by atoms with Gasteiger partial charge in [-0.05, 0) is 12.1 Å². The van der Waals surface area contributed by atoms with E-state index in [0.717, 1.165) is 23.8 Å². The quantitative estimate of drug-likeness (QED) is 0.613. The van der Waals surface area contributed by atoms with Crippen molar-refractivity contribution in [2.24, 2.45) is 4.99 Å². The number of carbonyl (C=O) groups excluding carboxylic acids is 1. The van der Waals surface area contributed by atoms with Crippen LogP contribution in [0.2, 0.25) is 0 Å². The van der Waals surface area contributed by atoms with E-state index in [1.54, 1.807) is 31.3 Å². The maximum atomic E-state index is 12.0. The number of morpholine rings is 1. The van der Waals surface area contributed by atoms with E-state index in [-0.39, 0.29) is 18.2 Å². The highest BCUT2D eigenvalue weighted by molar-refractivity contribution is 7.11. The van der Waals surface area contributed by atoms with Crippen LogP contribution in [0.4, 0.5) is 4.39 Å². The van der Waals surface area contributed by atoms with Crippen LogP contribution in [0.25, 0.3) is 0 Å². The lowest BCUT2D eigenvalue weighted by Gasteiger charge is -2.29. The number of carboxylic acids is 1. The van der Waals surface area contributed by atoms with Gasteiger partial charge in [-0.1, -0.05) is 25.1 Å². The Hall–Kier alpha value is -3.15. The number of aliphatic imine (C=N–C) groups is 1. The third-order valence-corrected chi connectivity index (χ3v) is 5.40. The largest absolute Gasteiger partial charge is 0.481 e. The number of hydrogen-bond donors (Lipinski definition) is 2. The molecule has 1 saturated heterocycles. The number of aromatic nitrogens is 1. The van der Waals surface area contributed by atoms with Crippen molar-refractivity contribution in [3.8, 4) is 0 Å². The Balaban J connectivity index is 0.000000280. The summed E-state index contributed by atoms with van der Waals surface area (Å²) in [5, 5.41) is 13.7. The summed E-state index contributed by atoms with van der Waals surface area (Å²) in [5.74, 6) is -0.545.